The fourth-order valence-electron chi connectivity index (χ4n) is 8.90. The molecule has 244 valence electrons. The minimum atomic E-state index is -0.774. The largest absolute Gasteiger partial charge is 0.497 e. The number of rotatable bonds is 4. The molecule has 1 heterocycles. The van der Waals surface area contributed by atoms with Gasteiger partial charge in [0.2, 0.25) is 0 Å². The van der Waals surface area contributed by atoms with E-state index in [2.05, 4.69) is 128 Å². The first-order valence-corrected chi connectivity index (χ1v) is 18.1. The Labute approximate surface area is 286 Å². The molecule has 0 aromatic heterocycles. The summed E-state index contributed by atoms with van der Waals surface area (Å²) in [7, 11) is 5.93. The fraction of sp³-hybridized carbons (Fsp3) is 0.333. The molecule has 8 rings (SSSR count). The maximum atomic E-state index is 7.60. The molecule has 0 spiro atoms. The summed E-state index contributed by atoms with van der Waals surface area (Å²) >= 11 is 0. The van der Waals surface area contributed by atoms with Crippen molar-refractivity contribution in [2.75, 3.05) is 26.1 Å². The van der Waals surface area contributed by atoms with Crippen LogP contribution in [0.1, 0.15) is 97.4 Å². The van der Waals surface area contributed by atoms with Gasteiger partial charge in [0.15, 0.2) is 5.60 Å². The van der Waals surface area contributed by atoms with Crippen molar-refractivity contribution in [2.45, 2.75) is 75.2 Å². The summed E-state index contributed by atoms with van der Waals surface area (Å²) in [4.78, 5) is 2.15. The van der Waals surface area contributed by atoms with Crippen molar-refractivity contribution < 1.29 is 9.47 Å². The number of benzene rings is 5. The Morgan fingerprint density at radius 3 is 2.08 bits per heavy atom. The van der Waals surface area contributed by atoms with Gasteiger partial charge in [-0.15, -0.1) is 0 Å². The quantitative estimate of drug-likeness (QED) is 0.197. The molecule has 5 aromatic rings. The number of fused-ring (bicyclic) bond motifs is 11. The van der Waals surface area contributed by atoms with Crippen molar-refractivity contribution in [1.29, 1.82) is 0 Å². The van der Waals surface area contributed by atoms with Crippen LogP contribution in [-0.4, -0.2) is 21.2 Å². The van der Waals surface area contributed by atoms with Gasteiger partial charge < -0.3 is 14.4 Å². The number of methoxy groups -OCH3 is 1. The van der Waals surface area contributed by atoms with Crippen molar-refractivity contribution >= 4 is 22.5 Å². The monoisotopic (exact) mass is 633 g/mol. The van der Waals surface area contributed by atoms with E-state index < -0.39 is 5.60 Å². The summed E-state index contributed by atoms with van der Waals surface area (Å²) in [6, 6.07) is 35.5. The second-order valence-electron chi connectivity index (χ2n) is 14.3. The molecule has 0 amide bonds. The standard InChI is InChI=1S/C45H47NO2/c1-46(2)33-24-22-32(23-25-33)45(31-16-10-9-11-17-31)29-28-40-43-38-20-13-8-6-4-5-7-12-18-35(38)36-19-14-15-21-37(36)42(43)39-27-26-34(47-3)30-41(39)44(40)48-45/h9-11,14-17,19,21-30,35,38H,4-8,12-13,18,20H2,1-3H3. The molecule has 5 aromatic carbocycles. The molecule has 0 radical (unpaired) electrons. The minimum Gasteiger partial charge on any atom is -0.497 e. The number of nitrogens with zero attached hydrogens (tertiary/aromatic N) is 1. The van der Waals surface area contributed by atoms with Gasteiger partial charge in [-0.05, 0) is 88.7 Å². The van der Waals surface area contributed by atoms with Gasteiger partial charge in [-0.2, -0.15) is 0 Å². The van der Waals surface area contributed by atoms with E-state index in [1.165, 1.54) is 96.7 Å². The summed E-state index contributed by atoms with van der Waals surface area (Å²) in [5.41, 5.74) is 9.71. The molecule has 1 saturated carbocycles. The third-order valence-corrected chi connectivity index (χ3v) is 11.3. The molecule has 3 heteroatoms. The zero-order valence-electron chi connectivity index (χ0n) is 28.7. The van der Waals surface area contributed by atoms with E-state index >= 15 is 0 Å². The lowest BCUT2D eigenvalue weighted by Crippen LogP contribution is -2.35. The van der Waals surface area contributed by atoms with Crippen molar-refractivity contribution in [3.05, 3.63) is 131 Å². The predicted molar refractivity (Wildman–Crippen MR) is 201 cm³/mol. The molecular formula is C45H47NO2. The van der Waals surface area contributed by atoms with E-state index in [0.29, 0.717) is 11.8 Å². The molecule has 3 atom stereocenters. The van der Waals surface area contributed by atoms with Gasteiger partial charge in [0, 0.05) is 41.9 Å². The van der Waals surface area contributed by atoms with Gasteiger partial charge >= 0.3 is 0 Å². The van der Waals surface area contributed by atoms with Crippen LogP contribution in [0.4, 0.5) is 5.69 Å². The Morgan fingerprint density at radius 2 is 1.35 bits per heavy atom. The highest BCUT2D eigenvalue weighted by atomic mass is 16.5. The van der Waals surface area contributed by atoms with Crippen LogP contribution in [0.3, 0.4) is 0 Å². The highest BCUT2D eigenvalue weighted by Gasteiger charge is 2.42. The maximum absolute atomic E-state index is 7.60. The number of ether oxygens (including phenoxy) is 2. The van der Waals surface area contributed by atoms with Crippen molar-refractivity contribution in [2.24, 2.45) is 0 Å². The van der Waals surface area contributed by atoms with Gasteiger partial charge in [0.1, 0.15) is 11.5 Å². The van der Waals surface area contributed by atoms with Crippen LogP contribution in [0.25, 0.3) is 28.0 Å². The second-order valence-corrected chi connectivity index (χ2v) is 14.3. The normalized spacial score (nSPS) is 21.9. The van der Waals surface area contributed by atoms with E-state index in [1.54, 1.807) is 7.11 Å². The predicted octanol–water partition coefficient (Wildman–Crippen LogP) is 11.6. The summed E-state index contributed by atoms with van der Waals surface area (Å²) < 4.78 is 13.5. The summed E-state index contributed by atoms with van der Waals surface area (Å²) in [6.45, 7) is 0. The van der Waals surface area contributed by atoms with Crippen LogP contribution in [0.5, 0.6) is 11.5 Å². The van der Waals surface area contributed by atoms with Crippen LogP contribution in [-0.2, 0) is 5.60 Å². The molecule has 0 bridgehead atoms. The molecule has 48 heavy (non-hydrogen) atoms. The molecule has 3 nitrogen and oxygen atoms in total. The molecule has 1 aliphatic heterocycles. The van der Waals surface area contributed by atoms with Gasteiger partial charge in [0.25, 0.3) is 0 Å². The third-order valence-electron chi connectivity index (χ3n) is 11.3. The SMILES string of the molecule is COc1ccc2c3c(c4c(c2c1)OC(c1ccccc1)(c1ccc(N(C)C)cc1)C=C4)C1CCCCCCCCCC1c1ccccc1-3. The Balaban J connectivity index is 1.41. The lowest BCUT2D eigenvalue weighted by Gasteiger charge is -2.42. The number of hydrogen-bond acceptors (Lipinski definition) is 3. The van der Waals surface area contributed by atoms with Crippen LogP contribution < -0.4 is 14.4 Å². The topological polar surface area (TPSA) is 21.7 Å². The molecule has 0 N–H and O–H groups in total. The van der Waals surface area contributed by atoms with Gasteiger partial charge in [-0.3, -0.25) is 0 Å². The first kappa shape index (κ1) is 30.8. The van der Waals surface area contributed by atoms with Crippen LogP contribution in [0.15, 0.2) is 103 Å². The van der Waals surface area contributed by atoms with E-state index in [9.17, 15) is 0 Å². The Bertz CT molecular complexity index is 1960. The van der Waals surface area contributed by atoms with E-state index in [1.807, 2.05) is 0 Å². The lowest BCUT2D eigenvalue weighted by atomic mass is 9.65. The van der Waals surface area contributed by atoms with Crippen molar-refractivity contribution in [3.8, 4) is 22.6 Å². The fourth-order valence-corrected chi connectivity index (χ4v) is 8.90. The zero-order valence-corrected chi connectivity index (χ0v) is 28.7. The highest BCUT2D eigenvalue weighted by Crippen LogP contribution is 2.59. The van der Waals surface area contributed by atoms with Crippen molar-refractivity contribution in [3.63, 3.8) is 0 Å². The minimum absolute atomic E-state index is 0.449. The second kappa shape index (κ2) is 12.8. The van der Waals surface area contributed by atoms with Gasteiger partial charge in [-0.1, -0.05) is 118 Å². The number of anilines is 1. The Hall–Kier alpha value is -4.50. The van der Waals surface area contributed by atoms with Crippen molar-refractivity contribution in [1.82, 2.24) is 0 Å². The molecular weight excluding hydrogens is 587 g/mol. The van der Waals surface area contributed by atoms with E-state index in [0.717, 1.165) is 28.0 Å². The van der Waals surface area contributed by atoms with Gasteiger partial charge in [0.05, 0.1) is 7.11 Å². The molecule has 1 fully saturated rings. The summed E-state index contributed by atoms with van der Waals surface area (Å²) in [5, 5.41) is 2.37. The smallest absolute Gasteiger partial charge is 0.178 e. The molecule has 0 saturated heterocycles. The first-order valence-electron chi connectivity index (χ1n) is 18.1. The molecule has 3 aliphatic rings. The molecule has 3 unspecified atom stereocenters. The van der Waals surface area contributed by atoms with Crippen LogP contribution >= 0.6 is 0 Å². The summed E-state index contributed by atoms with van der Waals surface area (Å²) in [5.74, 6) is 2.78. The highest BCUT2D eigenvalue weighted by molar-refractivity contribution is 6.07. The molecule has 2 aliphatic carbocycles. The average molecular weight is 634 g/mol. The van der Waals surface area contributed by atoms with Crippen LogP contribution in [0, 0.1) is 0 Å². The lowest BCUT2D eigenvalue weighted by molar-refractivity contribution is 0.163. The Morgan fingerprint density at radius 1 is 0.688 bits per heavy atom. The Kier molecular flexibility index (Phi) is 8.24. The first-order chi connectivity index (χ1) is 23.6. The zero-order chi connectivity index (χ0) is 32.7. The van der Waals surface area contributed by atoms with E-state index in [4.69, 9.17) is 9.47 Å². The summed E-state index contributed by atoms with van der Waals surface area (Å²) in [6.07, 6.45) is 16.5. The average Bonchev–Trinajstić information content (AvgIpc) is 3.20. The van der Waals surface area contributed by atoms with Crippen LogP contribution in [0.2, 0.25) is 0 Å². The number of hydrogen-bond donors (Lipinski definition) is 0. The van der Waals surface area contributed by atoms with E-state index in [-0.39, 0.29) is 0 Å². The van der Waals surface area contributed by atoms with Gasteiger partial charge in [-0.25, -0.2) is 0 Å². The third kappa shape index (κ3) is 5.19. The maximum Gasteiger partial charge on any atom is 0.178 e.